The number of pyridine rings is 1. The maximum absolute atomic E-state index is 11.9. The van der Waals surface area contributed by atoms with E-state index in [1.165, 1.54) is 13.3 Å². The number of ether oxygens (including phenoxy) is 1. The summed E-state index contributed by atoms with van der Waals surface area (Å²) in [5.41, 5.74) is 0.417. The number of carbonyl (C=O) groups is 2. The summed E-state index contributed by atoms with van der Waals surface area (Å²) in [5, 5.41) is 11.3. The zero-order valence-electron chi connectivity index (χ0n) is 11.8. The van der Waals surface area contributed by atoms with Gasteiger partial charge in [0.2, 0.25) is 0 Å². The van der Waals surface area contributed by atoms with Crippen LogP contribution in [0.3, 0.4) is 0 Å². The molecule has 0 saturated heterocycles. The molecule has 0 bridgehead atoms. The molecule has 7 heteroatoms. The Morgan fingerprint density at radius 2 is 2.15 bits per heavy atom. The average Bonchev–Trinajstić information content (AvgIpc) is 2.42. The van der Waals surface area contributed by atoms with Gasteiger partial charge in [0.05, 0.1) is 18.1 Å². The van der Waals surface area contributed by atoms with Crippen molar-refractivity contribution < 1.29 is 19.4 Å². The number of methoxy groups -OCH3 is 1. The molecule has 0 saturated carbocycles. The number of carbonyl (C=O) groups excluding carboxylic acids is 1. The van der Waals surface area contributed by atoms with E-state index in [0.717, 1.165) is 5.82 Å². The maximum Gasteiger partial charge on any atom is 0.306 e. The second kappa shape index (κ2) is 7.44. The number of rotatable bonds is 7. The molecule has 2 N–H and O–H groups in total. The van der Waals surface area contributed by atoms with Crippen molar-refractivity contribution in [3.8, 4) is 0 Å². The van der Waals surface area contributed by atoms with Crippen LogP contribution in [0.25, 0.3) is 0 Å². The summed E-state index contributed by atoms with van der Waals surface area (Å²) in [4.78, 5) is 28.4. The van der Waals surface area contributed by atoms with Crippen molar-refractivity contribution >= 4 is 17.7 Å². The quantitative estimate of drug-likeness (QED) is 0.750. The van der Waals surface area contributed by atoms with Crippen LogP contribution < -0.4 is 10.2 Å². The van der Waals surface area contributed by atoms with E-state index in [-0.39, 0.29) is 18.9 Å². The van der Waals surface area contributed by atoms with E-state index in [1.54, 1.807) is 12.1 Å². The third-order valence-electron chi connectivity index (χ3n) is 2.69. The number of carboxylic acid groups (broad SMARTS) is 1. The van der Waals surface area contributed by atoms with Gasteiger partial charge in [0, 0.05) is 33.9 Å². The zero-order chi connectivity index (χ0) is 15.1. The molecular formula is C13H19N3O4. The molecule has 1 aromatic rings. The Labute approximate surface area is 117 Å². The van der Waals surface area contributed by atoms with Gasteiger partial charge in [-0.2, -0.15) is 0 Å². The summed E-state index contributed by atoms with van der Waals surface area (Å²) in [5.74, 6) is -0.527. The van der Waals surface area contributed by atoms with E-state index in [2.05, 4.69) is 10.3 Å². The molecule has 7 nitrogen and oxygen atoms in total. The van der Waals surface area contributed by atoms with Gasteiger partial charge in [-0.3, -0.25) is 9.59 Å². The summed E-state index contributed by atoms with van der Waals surface area (Å²) >= 11 is 0. The van der Waals surface area contributed by atoms with Crippen LogP contribution in [0.4, 0.5) is 5.82 Å². The number of carboxylic acids is 1. The van der Waals surface area contributed by atoms with E-state index in [1.807, 2.05) is 19.0 Å². The van der Waals surface area contributed by atoms with Gasteiger partial charge >= 0.3 is 5.97 Å². The van der Waals surface area contributed by atoms with Crippen LogP contribution in [0.15, 0.2) is 18.3 Å². The Bertz CT molecular complexity index is 459. The predicted molar refractivity (Wildman–Crippen MR) is 73.9 cm³/mol. The van der Waals surface area contributed by atoms with Crippen molar-refractivity contribution in [1.29, 1.82) is 0 Å². The van der Waals surface area contributed by atoms with Crippen LogP contribution in [0.5, 0.6) is 0 Å². The molecule has 1 heterocycles. The first-order chi connectivity index (χ1) is 9.43. The number of anilines is 1. The highest BCUT2D eigenvalue weighted by atomic mass is 16.5. The second-order valence-electron chi connectivity index (χ2n) is 4.47. The molecule has 1 rings (SSSR count). The lowest BCUT2D eigenvalue weighted by molar-refractivity contribution is -0.139. The van der Waals surface area contributed by atoms with Crippen molar-refractivity contribution in [2.45, 2.75) is 12.5 Å². The third kappa shape index (κ3) is 4.85. The number of aromatic nitrogens is 1. The lowest BCUT2D eigenvalue weighted by atomic mass is 10.2. The fourth-order valence-electron chi connectivity index (χ4n) is 1.53. The Balaban J connectivity index is 2.55. The van der Waals surface area contributed by atoms with Crippen molar-refractivity contribution in [3.05, 3.63) is 23.9 Å². The number of nitrogens with zero attached hydrogens (tertiary/aromatic N) is 2. The van der Waals surface area contributed by atoms with E-state index in [9.17, 15) is 9.59 Å². The second-order valence-corrected chi connectivity index (χ2v) is 4.47. The largest absolute Gasteiger partial charge is 0.481 e. The van der Waals surface area contributed by atoms with Crippen LogP contribution in [0.1, 0.15) is 16.8 Å². The van der Waals surface area contributed by atoms with Crippen molar-refractivity contribution in [1.82, 2.24) is 10.3 Å². The Morgan fingerprint density at radius 3 is 2.60 bits per heavy atom. The molecule has 1 amide bonds. The van der Waals surface area contributed by atoms with Crippen molar-refractivity contribution in [2.24, 2.45) is 0 Å². The molecule has 0 aliphatic heterocycles. The van der Waals surface area contributed by atoms with E-state index >= 15 is 0 Å². The first kappa shape index (κ1) is 15.9. The Kier molecular flexibility index (Phi) is 5.92. The smallest absolute Gasteiger partial charge is 0.306 e. The van der Waals surface area contributed by atoms with Crippen molar-refractivity contribution in [2.75, 3.05) is 32.6 Å². The standard InChI is InChI=1S/C13H19N3O4/c1-16(2)11-5-4-9(7-14-11)13(19)15-8-10(20-3)6-12(17)18/h4-5,7,10H,6,8H2,1-3H3,(H,15,19)(H,17,18). The maximum atomic E-state index is 11.9. The van der Waals surface area contributed by atoms with Crippen LogP contribution >= 0.6 is 0 Å². The van der Waals surface area contributed by atoms with Gasteiger partial charge in [0.25, 0.3) is 5.91 Å². The van der Waals surface area contributed by atoms with E-state index < -0.39 is 12.1 Å². The summed E-state index contributed by atoms with van der Waals surface area (Å²) in [6.07, 6.45) is 0.767. The molecule has 0 aromatic carbocycles. The number of hydrogen-bond donors (Lipinski definition) is 2. The Hall–Kier alpha value is -2.15. The topological polar surface area (TPSA) is 91.8 Å². The number of aliphatic carboxylic acids is 1. The summed E-state index contributed by atoms with van der Waals surface area (Å²) in [7, 11) is 5.13. The first-order valence-electron chi connectivity index (χ1n) is 6.10. The molecule has 0 aliphatic rings. The van der Waals surface area contributed by atoms with Gasteiger partial charge in [-0.1, -0.05) is 0 Å². The van der Waals surface area contributed by atoms with Gasteiger partial charge in [-0.05, 0) is 12.1 Å². The minimum atomic E-state index is -0.969. The van der Waals surface area contributed by atoms with Crippen molar-refractivity contribution in [3.63, 3.8) is 0 Å². The molecule has 20 heavy (non-hydrogen) atoms. The molecule has 0 spiro atoms. The van der Waals surface area contributed by atoms with Gasteiger partial charge in [-0.25, -0.2) is 4.98 Å². The SMILES string of the molecule is COC(CNC(=O)c1ccc(N(C)C)nc1)CC(=O)O. The van der Waals surface area contributed by atoms with Crippen LogP contribution in [0, 0.1) is 0 Å². The molecule has 1 atom stereocenters. The minimum absolute atomic E-state index is 0.136. The molecule has 1 aromatic heterocycles. The van der Waals surface area contributed by atoms with E-state index in [4.69, 9.17) is 9.84 Å². The number of hydrogen-bond acceptors (Lipinski definition) is 5. The fraction of sp³-hybridized carbons (Fsp3) is 0.462. The van der Waals surface area contributed by atoms with E-state index in [0.29, 0.717) is 5.56 Å². The Morgan fingerprint density at radius 1 is 1.45 bits per heavy atom. The van der Waals surface area contributed by atoms with Gasteiger partial charge < -0.3 is 20.1 Å². The molecule has 1 unspecified atom stereocenters. The molecule has 110 valence electrons. The molecule has 0 fully saturated rings. The van der Waals surface area contributed by atoms with Crippen LogP contribution in [-0.4, -0.2) is 55.8 Å². The molecule has 0 radical (unpaired) electrons. The number of amides is 1. The highest BCUT2D eigenvalue weighted by Gasteiger charge is 2.14. The highest BCUT2D eigenvalue weighted by Crippen LogP contribution is 2.07. The predicted octanol–water partition coefficient (Wildman–Crippen LogP) is 0.367. The third-order valence-corrected chi connectivity index (χ3v) is 2.69. The van der Waals surface area contributed by atoms with Gasteiger partial charge in [0.15, 0.2) is 0 Å². The molecular weight excluding hydrogens is 262 g/mol. The zero-order valence-corrected chi connectivity index (χ0v) is 11.8. The monoisotopic (exact) mass is 281 g/mol. The normalized spacial score (nSPS) is 11.8. The van der Waals surface area contributed by atoms with Gasteiger partial charge in [0.1, 0.15) is 5.82 Å². The summed E-state index contributed by atoms with van der Waals surface area (Å²) in [6.45, 7) is 0.136. The highest BCUT2D eigenvalue weighted by molar-refractivity contribution is 5.94. The van der Waals surface area contributed by atoms with Gasteiger partial charge in [-0.15, -0.1) is 0 Å². The lowest BCUT2D eigenvalue weighted by Gasteiger charge is -2.14. The summed E-state index contributed by atoms with van der Waals surface area (Å²) in [6, 6.07) is 3.40. The number of nitrogens with one attached hydrogen (secondary N) is 1. The molecule has 0 aliphatic carbocycles. The minimum Gasteiger partial charge on any atom is -0.481 e. The average molecular weight is 281 g/mol. The lowest BCUT2D eigenvalue weighted by Crippen LogP contribution is -2.34. The first-order valence-corrected chi connectivity index (χ1v) is 6.10. The van der Waals surface area contributed by atoms with Crippen LogP contribution in [0.2, 0.25) is 0 Å². The summed E-state index contributed by atoms with van der Waals surface area (Å²) < 4.78 is 4.98. The fourth-order valence-corrected chi connectivity index (χ4v) is 1.53. The van der Waals surface area contributed by atoms with Crippen LogP contribution in [-0.2, 0) is 9.53 Å².